The number of nitrogens with one attached hydrogen (secondary N) is 1. The summed E-state index contributed by atoms with van der Waals surface area (Å²) in [6, 6.07) is 14.6. The van der Waals surface area contributed by atoms with Gasteiger partial charge in [0.2, 0.25) is 5.91 Å². The molecule has 2 fully saturated rings. The van der Waals surface area contributed by atoms with Crippen LogP contribution in [0.3, 0.4) is 0 Å². The molecule has 0 spiro atoms. The predicted octanol–water partition coefficient (Wildman–Crippen LogP) is 2.40. The Balaban J connectivity index is 1.40. The lowest BCUT2D eigenvalue weighted by atomic mass is 10.00. The lowest BCUT2D eigenvalue weighted by Crippen LogP contribution is -2.48. The Morgan fingerprint density at radius 3 is 2.56 bits per heavy atom. The number of carbonyl (C=O) groups excluding carboxylic acids is 2. The molecule has 0 aromatic heterocycles. The van der Waals surface area contributed by atoms with Crippen LogP contribution in [0, 0.1) is 0 Å². The number of rotatable bonds is 3. The Morgan fingerprint density at radius 2 is 1.80 bits per heavy atom. The highest BCUT2D eigenvalue weighted by Gasteiger charge is 2.31. The number of carbonyl (C=O) groups is 2. The third kappa shape index (κ3) is 3.18. The molecule has 5 nitrogen and oxygen atoms in total. The molecule has 2 aromatic rings. The zero-order chi connectivity index (χ0) is 17.2. The molecule has 0 saturated carbocycles. The quantitative estimate of drug-likeness (QED) is 0.935. The van der Waals surface area contributed by atoms with E-state index in [1.165, 1.54) is 5.39 Å². The van der Waals surface area contributed by atoms with Gasteiger partial charge in [0.15, 0.2) is 0 Å². The molecule has 0 bridgehead atoms. The van der Waals surface area contributed by atoms with Crippen LogP contribution in [0.1, 0.15) is 18.4 Å². The molecule has 0 aliphatic carbocycles. The fourth-order valence-corrected chi connectivity index (χ4v) is 3.98. The maximum Gasteiger partial charge on any atom is 0.317 e. The molecular formula is C20H23N3O2. The van der Waals surface area contributed by atoms with E-state index >= 15 is 0 Å². The molecule has 2 aliphatic heterocycles. The zero-order valence-electron chi connectivity index (χ0n) is 14.3. The Bertz CT molecular complexity index is 791. The highest BCUT2D eigenvalue weighted by molar-refractivity contribution is 5.90. The number of fused-ring (bicyclic) bond motifs is 1. The van der Waals surface area contributed by atoms with Gasteiger partial charge in [0.05, 0.1) is 6.42 Å². The lowest BCUT2D eigenvalue weighted by Gasteiger charge is -2.36. The van der Waals surface area contributed by atoms with Gasteiger partial charge in [0.25, 0.3) is 0 Å². The summed E-state index contributed by atoms with van der Waals surface area (Å²) < 4.78 is 0. The molecule has 0 unspecified atom stereocenters. The van der Waals surface area contributed by atoms with E-state index in [0.29, 0.717) is 6.42 Å². The number of likely N-dealkylation sites (tertiary alicyclic amines) is 1. The normalized spacial score (nSPS) is 18.6. The minimum absolute atomic E-state index is 0.0422. The van der Waals surface area contributed by atoms with Gasteiger partial charge in [-0.25, -0.2) is 4.79 Å². The van der Waals surface area contributed by atoms with Crippen molar-refractivity contribution in [1.82, 2.24) is 15.1 Å². The van der Waals surface area contributed by atoms with E-state index < -0.39 is 0 Å². The summed E-state index contributed by atoms with van der Waals surface area (Å²) in [7, 11) is 0. The molecule has 2 heterocycles. The van der Waals surface area contributed by atoms with E-state index in [0.717, 1.165) is 50.0 Å². The number of nitrogens with zero attached hydrogens (tertiary/aromatic N) is 2. The van der Waals surface area contributed by atoms with Crippen molar-refractivity contribution in [1.29, 1.82) is 0 Å². The fraction of sp³-hybridized carbons (Fsp3) is 0.400. The first-order valence-corrected chi connectivity index (χ1v) is 9.01. The average Bonchev–Trinajstić information content (AvgIpc) is 3.08. The average molecular weight is 337 g/mol. The van der Waals surface area contributed by atoms with Crippen molar-refractivity contribution < 1.29 is 9.59 Å². The van der Waals surface area contributed by atoms with Crippen LogP contribution in [0.4, 0.5) is 4.79 Å². The lowest BCUT2D eigenvalue weighted by molar-refractivity contribution is -0.131. The third-order valence-corrected chi connectivity index (χ3v) is 5.37. The maximum atomic E-state index is 12.7. The molecule has 4 rings (SSSR count). The van der Waals surface area contributed by atoms with Crippen LogP contribution in [0.25, 0.3) is 10.8 Å². The van der Waals surface area contributed by atoms with Crippen molar-refractivity contribution in [3.05, 3.63) is 48.0 Å². The molecular weight excluding hydrogens is 314 g/mol. The molecule has 0 atom stereocenters. The Kier molecular flexibility index (Phi) is 4.30. The molecule has 3 amide bonds. The van der Waals surface area contributed by atoms with Crippen LogP contribution in [0.5, 0.6) is 0 Å². The Morgan fingerprint density at radius 1 is 1.04 bits per heavy atom. The van der Waals surface area contributed by atoms with Gasteiger partial charge in [0.1, 0.15) is 0 Å². The van der Waals surface area contributed by atoms with Crippen LogP contribution in [-0.4, -0.2) is 54.0 Å². The minimum Gasteiger partial charge on any atom is -0.342 e. The standard InChI is InChI=1S/C20H23N3O2/c24-19(14-16-6-3-5-15-4-1-2-7-18(15)16)22-11-8-17(9-12-22)23-13-10-21-20(23)25/h1-7,17H,8-14H2,(H,21,25). The first kappa shape index (κ1) is 15.9. The SMILES string of the molecule is O=C(Cc1cccc2ccccc12)N1CCC(N2CCNC2=O)CC1. The summed E-state index contributed by atoms with van der Waals surface area (Å²) >= 11 is 0. The van der Waals surface area contributed by atoms with Crippen LogP contribution in [-0.2, 0) is 11.2 Å². The molecule has 1 N–H and O–H groups in total. The van der Waals surface area contributed by atoms with Crippen LogP contribution in [0.15, 0.2) is 42.5 Å². The summed E-state index contributed by atoms with van der Waals surface area (Å²) in [6.45, 7) is 2.99. The van der Waals surface area contributed by atoms with Crippen molar-refractivity contribution in [3.8, 4) is 0 Å². The first-order valence-electron chi connectivity index (χ1n) is 9.01. The second-order valence-corrected chi connectivity index (χ2v) is 6.85. The summed E-state index contributed by atoms with van der Waals surface area (Å²) in [4.78, 5) is 28.4. The summed E-state index contributed by atoms with van der Waals surface area (Å²) in [5.74, 6) is 0.181. The van der Waals surface area contributed by atoms with Gasteiger partial charge >= 0.3 is 6.03 Å². The maximum absolute atomic E-state index is 12.7. The number of piperidine rings is 1. The second-order valence-electron chi connectivity index (χ2n) is 6.85. The molecule has 25 heavy (non-hydrogen) atoms. The Hall–Kier alpha value is -2.56. The van der Waals surface area contributed by atoms with Gasteiger partial charge < -0.3 is 15.1 Å². The van der Waals surface area contributed by atoms with E-state index in [1.54, 1.807) is 0 Å². The minimum atomic E-state index is 0.0422. The van der Waals surface area contributed by atoms with Gasteiger partial charge in [-0.2, -0.15) is 0 Å². The number of benzene rings is 2. The topological polar surface area (TPSA) is 52.7 Å². The predicted molar refractivity (Wildman–Crippen MR) is 97.4 cm³/mol. The van der Waals surface area contributed by atoms with E-state index in [9.17, 15) is 9.59 Å². The van der Waals surface area contributed by atoms with Gasteiger partial charge in [-0.3, -0.25) is 4.79 Å². The van der Waals surface area contributed by atoms with Crippen molar-refractivity contribution in [2.45, 2.75) is 25.3 Å². The van der Waals surface area contributed by atoms with Crippen LogP contribution in [0.2, 0.25) is 0 Å². The molecule has 130 valence electrons. The molecule has 2 aromatic carbocycles. The van der Waals surface area contributed by atoms with Crippen molar-refractivity contribution in [2.24, 2.45) is 0 Å². The van der Waals surface area contributed by atoms with E-state index in [2.05, 4.69) is 23.5 Å². The fourth-order valence-electron chi connectivity index (χ4n) is 3.98. The zero-order valence-corrected chi connectivity index (χ0v) is 14.3. The molecule has 2 saturated heterocycles. The molecule has 2 aliphatic rings. The summed E-state index contributed by atoms with van der Waals surface area (Å²) in [6.07, 6.45) is 2.18. The van der Waals surface area contributed by atoms with Crippen LogP contribution >= 0.6 is 0 Å². The Labute approximate surface area is 147 Å². The van der Waals surface area contributed by atoms with Crippen LogP contribution < -0.4 is 5.32 Å². The first-order chi connectivity index (χ1) is 12.2. The van der Waals surface area contributed by atoms with E-state index in [4.69, 9.17) is 0 Å². The number of hydrogen-bond donors (Lipinski definition) is 1. The van der Waals surface area contributed by atoms with Gasteiger partial charge in [0, 0.05) is 32.2 Å². The molecule has 0 radical (unpaired) electrons. The van der Waals surface area contributed by atoms with Gasteiger partial charge in [-0.05, 0) is 29.2 Å². The summed E-state index contributed by atoms with van der Waals surface area (Å²) in [5.41, 5.74) is 1.09. The van der Waals surface area contributed by atoms with E-state index in [-0.39, 0.29) is 18.0 Å². The number of urea groups is 1. The number of hydrogen-bond acceptors (Lipinski definition) is 2. The highest BCUT2D eigenvalue weighted by atomic mass is 16.2. The van der Waals surface area contributed by atoms with Crippen molar-refractivity contribution in [3.63, 3.8) is 0 Å². The van der Waals surface area contributed by atoms with Crippen molar-refractivity contribution >= 4 is 22.7 Å². The largest absolute Gasteiger partial charge is 0.342 e. The third-order valence-electron chi connectivity index (χ3n) is 5.37. The van der Waals surface area contributed by atoms with Gasteiger partial charge in [-0.1, -0.05) is 42.5 Å². The second kappa shape index (κ2) is 6.75. The van der Waals surface area contributed by atoms with E-state index in [1.807, 2.05) is 34.1 Å². The summed E-state index contributed by atoms with van der Waals surface area (Å²) in [5, 5.41) is 5.18. The smallest absolute Gasteiger partial charge is 0.317 e. The molecule has 5 heteroatoms. The monoisotopic (exact) mass is 337 g/mol. The van der Waals surface area contributed by atoms with Crippen molar-refractivity contribution in [2.75, 3.05) is 26.2 Å². The highest BCUT2D eigenvalue weighted by Crippen LogP contribution is 2.22. The van der Waals surface area contributed by atoms with Gasteiger partial charge in [-0.15, -0.1) is 0 Å². The number of amides is 3.